The topological polar surface area (TPSA) is 131 Å². The van der Waals surface area contributed by atoms with E-state index in [-0.39, 0.29) is 18.8 Å². The summed E-state index contributed by atoms with van der Waals surface area (Å²) in [7, 11) is 1.23. The first kappa shape index (κ1) is 27.0. The number of ether oxygens (including phenoxy) is 4. The summed E-state index contributed by atoms with van der Waals surface area (Å²) in [5.41, 5.74) is 0.474. The Morgan fingerprint density at radius 1 is 1.08 bits per heavy atom. The maximum atomic E-state index is 12.1. The van der Waals surface area contributed by atoms with Crippen LogP contribution < -0.4 is 10.1 Å². The molecule has 2 aromatic rings. The quantitative estimate of drug-likeness (QED) is 0.315. The van der Waals surface area contributed by atoms with E-state index in [4.69, 9.17) is 18.9 Å². The summed E-state index contributed by atoms with van der Waals surface area (Å²) >= 11 is 0. The van der Waals surface area contributed by atoms with Gasteiger partial charge in [0, 0.05) is 18.9 Å². The van der Waals surface area contributed by atoms with Crippen LogP contribution in [0, 0.1) is 31.6 Å². The third-order valence-electron chi connectivity index (χ3n) is 4.74. The molecule has 0 spiro atoms. The molecule has 0 unspecified atom stereocenters. The lowest BCUT2D eigenvalue weighted by atomic mass is 10.1. The summed E-state index contributed by atoms with van der Waals surface area (Å²) in [6.45, 7) is 5.65. The number of carbonyl (C=O) groups is 3. The normalized spacial score (nSPS) is 14.7. The number of amides is 1. The molecule has 191 valence electrons. The van der Waals surface area contributed by atoms with Crippen LogP contribution in [-0.2, 0) is 38.6 Å². The van der Waals surface area contributed by atoms with Crippen LogP contribution in [0.25, 0.3) is 0 Å². The van der Waals surface area contributed by atoms with Crippen molar-refractivity contribution in [1.29, 1.82) is 0 Å². The Morgan fingerprint density at radius 2 is 1.78 bits per heavy atom. The van der Waals surface area contributed by atoms with Crippen molar-refractivity contribution >= 4 is 18.2 Å². The number of esters is 1. The summed E-state index contributed by atoms with van der Waals surface area (Å²) in [5, 5.41) is 10.5. The second kappa shape index (κ2) is 12.4. The highest BCUT2D eigenvalue weighted by Gasteiger charge is 2.25. The first-order chi connectivity index (χ1) is 17.1. The van der Waals surface area contributed by atoms with Crippen LogP contribution in [0.15, 0.2) is 30.5 Å². The summed E-state index contributed by atoms with van der Waals surface area (Å²) in [5.74, 6) is 0.726. The lowest BCUT2D eigenvalue weighted by Gasteiger charge is -2.22. The number of alkyl carbamates (subject to hydrolysis) is 1. The first-order valence-corrected chi connectivity index (χ1v) is 11.2. The molecule has 0 saturated heterocycles. The lowest BCUT2D eigenvalue weighted by Crippen LogP contribution is -2.45. The molecule has 0 bridgehead atoms. The van der Waals surface area contributed by atoms with Gasteiger partial charge in [-0.05, 0) is 64.2 Å². The van der Waals surface area contributed by atoms with Crippen molar-refractivity contribution in [1.82, 2.24) is 20.3 Å². The molecule has 1 saturated carbocycles. The van der Waals surface area contributed by atoms with Gasteiger partial charge in [0.1, 0.15) is 29.7 Å². The minimum atomic E-state index is -0.950. The number of aromatic nitrogens is 3. The van der Waals surface area contributed by atoms with E-state index < -0.39 is 29.9 Å². The van der Waals surface area contributed by atoms with Crippen molar-refractivity contribution < 1.29 is 33.3 Å². The first-order valence-electron chi connectivity index (χ1n) is 11.2. The predicted octanol–water partition coefficient (Wildman–Crippen LogP) is 3.01. The smallest absolute Gasteiger partial charge is 0.467 e. The number of rotatable bonds is 9. The van der Waals surface area contributed by atoms with E-state index in [0.29, 0.717) is 17.8 Å². The highest BCUT2D eigenvalue weighted by Crippen LogP contribution is 2.24. The Bertz CT molecular complexity index is 1020. The number of hydrogen-bond acceptors (Lipinski definition) is 9. The molecular weight excluding hydrogens is 468 g/mol. The van der Waals surface area contributed by atoms with Gasteiger partial charge in [0.15, 0.2) is 0 Å². The van der Waals surface area contributed by atoms with E-state index in [1.165, 1.54) is 7.11 Å². The number of hydrogen-bond donors (Lipinski definition) is 1. The van der Waals surface area contributed by atoms with Gasteiger partial charge in [-0.1, -0.05) is 17.3 Å². The number of benzene rings is 1. The fraction of sp³-hybridized carbons (Fsp3) is 0.360. The fourth-order valence-electron chi connectivity index (χ4n) is 3.16. The van der Waals surface area contributed by atoms with Crippen LogP contribution in [0.5, 0.6) is 5.75 Å². The average Bonchev–Trinajstić information content (AvgIpc) is 3.49. The molecule has 1 atom stereocenters. The van der Waals surface area contributed by atoms with Crippen molar-refractivity contribution in [3.8, 4) is 5.75 Å². The van der Waals surface area contributed by atoms with Gasteiger partial charge in [-0.3, -0.25) is 4.68 Å². The molecule has 1 aliphatic rings. The maximum Gasteiger partial charge on any atom is 0.514 e. The van der Waals surface area contributed by atoms with Crippen molar-refractivity contribution in [2.75, 3.05) is 7.11 Å². The molecule has 1 aromatic heterocycles. The van der Waals surface area contributed by atoms with Crippen LogP contribution in [-0.4, -0.2) is 52.0 Å². The van der Waals surface area contributed by atoms with Gasteiger partial charge in [0.25, 0.3) is 0 Å². The fourth-order valence-corrected chi connectivity index (χ4v) is 3.16. The molecule has 1 heterocycles. The largest absolute Gasteiger partial charge is 0.514 e. The SMILES string of the molecule is COC(=O)[C@H](Cc1ccc(OC(=O)OCc2cn(C[C]3[CH][CH][CH][CH]3)nn2)cc1)NC(=O)OC(C)(C)C. The summed E-state index contributed by atoms with van der Waals surface area (Å²) in [6, 6.07) is 5.46. The van der Waals surface area contributed by atoms with E-state index in [1.807, 2.05) is 25.7 Å². The second-order valence-corrected chi connectivity index (χ2v) is 8.91. The van der Waals surface area contributed by atoms with E-state index in [9.17, 15) is 14.4 Å². The highest BCUT2D eigenvalue weighted by atomic mass is 16.7. The van der Waals surface area contributed by atoms with Crippen molar-refractivity contribution in [2.45, 2.75) is 52.0 Å². The molecule has 1 fully saturated rings. The Kier molecular flexibility index (Phi) is 9.26. The molecule has 1 aliphatic carbocycles. The lowest BCUT2D eigenvalue weighted by molar-refractivity contribution is -0.143. The maximum absolute atomic E-state index is 12.1. The molecule has 5 radical (unpaired) electrons. The minimum absolute atomic E-state index is 0.0882. The number of nitrogens with zero attached hydrogens (tertiary/aromatic N) is 3. The molecule has 3 rings (SSSR count). The molecular formula is C25H29N4O7. The Balaban J connectivity index is 1.47. The van der Waals surface area contributed by atoms with Crippen molar-refractivity contribution in [2.24, 2.45) is 0 Å². The summed E-state index contributed by atoms with van der Waals surface area (Å²) in [6.07, 6.45) is 8.06. The third-order valence-corrected chi connectivity index (χ3v) is 4.74. The van der Waals surface area contributed by atoms with Crippen LogP contribution in [0.1, 0.15) is 32.0 Å². The predicted molar refractivity (Wildman–Crippen MR) is 127 cm³/mol. The van der Waals surface area contributed by atoms with Gasteiger partial charge in [-0.25, -0.2) is 14.4 Å². The van der Waals surface area contributed by atoms with E-state index in [1.54, 1.807) is 55.9 Å². The Labute approximate surface area is 210 Å². The number of methoxy groups -OCH3 is 1. The zero-order valence-electron chi connectivity index (χ0n) is 20.6. The van der Waals surface area contributed by atoms with Crippen LogP contribution >= 0.6 is 0 Å². The standard InChI is InChI=1S/C25H29N4O7/c1-25(2,3)36-23(31)26-21(22(30)33-4)13-17-9-11-20(12-10-17)35-24(32)34-16-19-15-29(28-27-19)14-18-7-5-6-8-18/h5-12,15,21H,13-14,16H2,1-4H3,(H,26,31)/t21-/m0/s1. The second-order valence-electron chi connectivity index (χ2n) is 8.91. The van der Waals surface area contributed by atoms with Gasteiger partial charge < -0.3 is 24.3 Å². The average molecular weight is 498 g/mol. The highest BCUT2D eigenvalue weighted by molar-refractivity contribution is 5.81. The molecule has 11 heteroatoms. The Hall–Kier alpha value is -3.63. The van der Waals surface area contributed by atoms with Gasteiger partial charge >= 0.3 is 18.2 Å². The summed E-state index contributed by atoms with van der Waals surface area (Å²) < 4.78 is 21.9. The zero-order valence-corrected chi connectivity index (χ0v) is 20.6. The van der Waals surface area contributed by atoms with Gasteiger partial charge in [0.05, 0.1) is 13.3 Å². The van der Waals surface area contributed by atoms with Crippen LogP contribution in [0.4, 0.5) is 9.59 Å². The number of carbonyl (C=O) groups excluding carboxylic acids is 3. The van der Waals surface area contributed by atoms with Gasteiger partial charge in [-0.15, -0.1) is 5.10 Å². The number of nitrogens with one attached hydrogen (secondary N) is 1. The molecule has 11 nitrogen and oxygen atoms in total. The van der Waals surface area contributed by atoms with Crippen LogP contribution in [0.2, 0.25) is 0 Å². The van der Waals surface area contributed by atoms with Crippen molar-refractivity contribution in [3.63, 3.8) is 0 Å². The van der Waals surface area contributed by atoms with Gasteiger partial charge in [0.2, 0.25) is 0 Å². The minimum Gasteiger partial charge on any atom is -0.467 e. The van der Waals surface area contributed by atoms with Gasteiger partial charge in [-0.2, -0.15) is 0 Å². The monoisotopic (exact) mass is 497 g/mol. The van der Waals surface area contributed by atoms with Crippen LogP contribution in [0.3, 0.4) is 0 Å². The summed E-state index contributed by atoms with van der Waals surface area (Å²) in [4.78, 5) is 36.2. The molecule has 1 N–H and O–H groups in total. The zero-order chi connectivity index (χ0) is 26.1. The molecule has 0 aliphatic heterocycles. The molecule has 1 aromatic carbocycles. The van der Waals surface area contributed by atoms with E-state index >= 15 is 0 Å². The van der Waals surface area contributed by atoms with E-state index in [0.717, 1.165) is 5.92 Å². The third kappa shape index (κ3) is 8.86. The Morgan fingerprint density at radius 3 is 2.42 bits per heavy atom. The van der Waals surface area contributed by atoms with Crippen molar-refractivity contribution in [3.05, 3.63) is 73.3 Å². The van der Waals surface area contributed by atoms with E-state index in [2.05, 4.69) is 15.6 Å². The molecule has 1 amide bonds. The molecule has 36 heavy (non-hydrogen) atoms.